The van der Waals surface area contributed by atoms with Crippen LogP contribution in [0.2, 0.25) is 0 Å². The number of pyridine rings is 1. The van der Waals surface area contributed by atoms with Crippen molar-refractivity contribution >= 4 is 0 Å². The summed E-state index contributed by atoms with van der Waals surface area (Å²) in [7, 11) is 1.97. The molecule has 1 aromatic heterocycles. The Kier molecular flexibility index (Phi) is 4.13. The highest BCUT2D eigenvalue weighted by Crippen LogP contribution is 2.28. The molecule has 1 N–H and O–H groups in total. The molecule has 0 aliphatic carbocycles. The van der Waals surface area contributed by atoms with Crippen LogP contribution in [0.1, 0.15) is 49.1 Å². The average Bonchev–Trinajstić information content (AvgIpc) is 2.82. The smallest absolute Gasteiger partial charge is 0.0580 e. The molecule has 1 aromatic rings. The van der Waals surface area contributed by atoms with Gasteiger partial charge in [-0.25, -0.2) is 0 Å². The van der Waals surface area contributed by atoms with Crippen molar-refractivity contribution in [2.24, 2.45) is 0 Å². The molecule has 0 aromatic carbocycles. The molecule has 0 radical (unpaired) electrons. The van der Waals surface area contributed by atoms with Crippen LogP contribution in [-0.4, -0.2) is 25.2 Å². The standard InChI is InChI=1S/C14H22N2O/c1-10(2)13-5-4-12(11-6-7-17-9-11)14(16-13)8-15-3/h4-5,10-11,15H,6-9H2,1-3H3/t11-/m1/s1. The first-order valence-corrected chi connectivity index (χ1v) is 6.44. The maximum Gasteiger partial charge on any atom is 0.0580 e. The van der Waals surface area contributed by atoms with E-state index in [9.17, 15) is 0 Å². The van der Waals surface area contributed by atoms with Gasteiger partial charge in [-0.05, 0) is 31.0 Å². The van der Waals surface area contributed by atoms with Gasteiger partial charge < -0.3 is 10.1 Å². The van der Waals surface area contributed by atoms with E-state index in [4.69, 9.17) is 9.72 Å². The van der Waals surface area contributed by atoms with Gasteiger partial charge in [-0.1, -0.05) is 19.9 Å². The zero-order chi connectivity index (χ0) is 12.3. The fourth-order valence-electron chi connectivity index (χ4n) is 2.31. The van der Waals surface area contributed by atoms with Gasteiger partial charge in [0.15, 0.2) is 0 Å². The first kappa shape index (κ1) is 12.5. The normalized spacial score (nSPS) is 20.1. The van der Waals surface area contributed by atoms with Crippen LogP contribution >= 0.6 is 0 Å². The molecule has 2 heterocycles. The molecule has 0 bridgehead atoms. The molecule has 3 heteroatoms. The summed E-state index contributed by atoms with van der Waals surface area (Å²) in [6.45, 7) is 6.94. The Morgan fingerprint density at radius 1 is 1.47 bits per heavy atom. The molecule has 0 unspecified atom stereocenters. The van der Waals surface area contributed by atoms with Crippen LogP contribution in [0.25, 0.3) is 0 Å². The van der Waals surface area contributed by atoms with Crippen LogP contribution in [0.5, 0.6) is 0 Å². The Labute approximate surface area is 104 Å². The highest BCUT2D eigenvalue weighted by Gasteiger charge is 2.21. The van der Waals surface area contributed by atoms with Crippen molar-refractivity contribution < 1.29 is 4.74 Å². The molecule has 0 amide bonds. The van der Waals surface area contributed by atoms with Gasteiger partial charge in [0, 0.05) is 24.8 Å². The van der Waals surface area contributed by atoms with Crippen LogP contribution in [0.15, 0.2) is 12.1 Å². The minimum absolute atomic E-state index is 0.486. The summed E-state index contributed by atoms with van der Waals surface area (Å²) in [5.41, 5.74) is 3.73. The van der Waals surface area contributed by atoms with Crippen LogP contribution in [-0.2, 0) is 11.3 Å². The molecule has 94 valence electrons. The highest BCUT2D eigenvalue weighted by atomic mass is 16.5. The predicted octanol–water partition coefficient (Wildman–Crippen LogP) is 2.43. The van der Waals surface area contributed by atoms with Crippen LogP contribution < -0.4 is 5.32 Å². The second-order valence-corrected chi connectivity index (χ2v) is 5.02. The van der Waals surface area contributed by atoms with Gasteiger partial charge in [0.1, 0.15) is 0 Å². The Morgan fingerprint density at radius 3 is 2.88 bits per heavy atom. The third-order valence-corrected chi connectivity index (χ3v) is 3.34. The summed E-state index contributed by atoms with van der Waals surface area (Å²) in [6, 6.07) is 4.41. The number of ether oxygens (including phenoxy) is 1. The van der Waals surface area contributed by atoms with Crippen LogP contribution in [0.3, 0.4) is 0 Å². The first-order valence-electron chi connectivity index (χ1n) is 6.44. The maximum atomic E-state index is 5.47. The van der Waals surface area contributed by atoms with Crippen molar-refractivity contribution in [2.75, 3.05) is 20.3 Å². The Balaban J connectivity index is 2.29. The second-order valence-electron chi connectivity index (χ2n) is 5.02. The summed E-state index contributed by atoms with van der Waals surface area (Å²) in [5, 5.41) is 3.21. The molecular formula is C14H22N2O. The lowest BCUT2D eigenvalue weighted by Crippen LogP contribution is -2.14. The zero-order valence-corrected chi connectivity index (χ0v) is 11.0. The number of hydrogen-bond acceptors (Lipinski definition) is 3. The predicted molar refractivity (Wildman–Crippen MR) is 69.3 cm³/mol. The van der Waals surface area contributed by atoms with E-state index in [1.807, 2.05) is 7.05 Å². The molecule has 3 nitrogen and oxygen atoms in total. The molecule has 1 fully saturated rings. The van der Waals surface area contributed by atoms with Gasteiger partial charge in [-0.3, -0.25) is 4.98 Å². The van der Waals surface area contributed by atoms with Gasteiger partial charge >= 0.3 is 0 Å². The summed E-state index contributed by atoms with van der Waals surface area (Å²) in [5.74, 6) is 1.02. The molecule has 2 rings (SSSR count). The number of hydrogen-bond donors (Lipinski definition) is 1. The zero-order valence-electron chi connectivity index (χ0n) is 11.0. The Morgan fingerprint density at radius 2 is 2.29 bits per heavy atom. The lowest BCUT2D eigenvalue weighted by molar-refractivity contribution is 0.193. The minimum atomic E-state index is 0.486. The lowest BCUT2D eigenvalue weighted by atomic mass is 9.95. The van der Waals surface area contributed by atoms with E-state index in [0.29, 0.717) is 11.8 Å². The number of rotatable bonds is 4. The quantitative estimate of drug-likeness (QED) is 0.868. The largest absolute Gasteiger partial charge is 0.381 e. The van der Waals surface area contributed by atoms with Crippen molar-refractivity contribution in [1.29, 1.82) is 0 Å². The van der Waals surface area contributed by atoms with Crippen LogP contribution in [0.4, 0.5) is 0 Å². The van der Waals surface area contributed by atoms with Crippen LogP contribution in [0, 0.1) is 0 Å². The maximum absolute atomic E-state index is 5.47. The van der Waals surface area contributed by atoms with Crippen molar-refractivity contribution in [3.8, 4) is 0 Å². The molecule has 1 saturated heterocycles. The van der Waals surface area contributed by atoms with E-state index in [2.05, 4.69) is 31.3 Å². The van der Waals surface area contributed by atoms with E-state index >= 15 is 0 Å². The van der Waals surface area contributed by atoms with Crippen molar-refractivity contribution in [3.05, 3.63) is 29.1 Å². The van der Waals surface area contributed by atoms with E-state index in [1.165, 1.54) is 17.0 Å². The summed E-state index contributed by atoms with van der Waals surface area (Å²) >= 11 is 0. The lowest BCUT2D eigenvalue weighted by Gasteiger charge is -2.16. The summed E-state index contributed by atoms with van der Waals surface area (Å²) < 4.78 is 5.47. The third-order valence-electron chi connectivity index (χ3n) is 3.34. The number of nitrogens with one attached hydrogen (secondary N) is 1. The summed E-state index contributed by atoms with van der Waals surface area (Å²) in [4.78, 5) is 4.79. The van der Waals surface area contributed by atoms with Crippen molar-refractivity contribution in [1.82, 2.24) is 10.3 Å². The van der Waals surface area contributed by atoms with E-state index < -0.39 is 0 Å². The molecule has 0 spiro atoms. The minimum Gasteiger partial charge on any atom is -0.381 e. The van der Waals surface area contributed by atoms with E-state index in [0.717, 1.165) is 26.2 Å². The van der Waals surface area contributed by atoms with Crippen molar-refractivity contribution in [3.63, 3.8) is 0 Å². The molecule has 17 heavy (non-hydrogen) atoms. The number of nitrogens with zero attached hydrogens (tertiary/aromatic N) is 1. The third kappa shape index (κ3) is 2.85. The average molecular weight is 234 g/mol. The van der Waals surface area contributed by atoms with Gasteiger partial charge in [0.25, 0.3) is 0 Å². The molecule has 0 saturated carbocycles. The van der Waals surface area contributed by atoms with Gasteiger partial charge in [-0.15, -0.1) is 0 Å². The fraction of sp³-hybridized carbons (Fsp3) is 0.643. The SMILES string of the molecule is CNCc1nc(C(C)C)ccc1[C@@H]1CCOC1. The monoisotopic (exact) mass is 234 g/mol. The fourth-order valence-corrected chi connectivity index (χ4v) is 2.31. The molecule has 1 aliphatic heterocycles. The summed E-state index contributed by atoms with van der Waals surface area (Å²) in [6.07, 6.45) is 1.12. The molecule has 1 aliphatic rings. The Bertz CT molecular complexity index is 370. The van der Waals surface area contributed by atoms with Gasteiger partial charge in [0.2, 0.25) is 0 Å². The van der Waals surface area contributed by atoms with Crippen molar-refractivity contribution in [2.45, 2.75) is 38.6 Å². The van der Waals surface area contributed by atoms with Gasteiger partial charge in [-0.2, -0.15) is 0 Å². The second kappa shape index (κ2) is 5.61. The number of aromatic nitrogens is 1. The van der Waals surface area contributed by atoms with Gasteiger partial charge in [0.05, 0.1) is 12.3 Å². The van der Waals surface area contributed by atoms with E-state index in [1.54, 1.807) is 0 Å². The first-order chi connectivity index (χ1) is 8.22. The highest BCUT2D eigenvalue weighted by molar-refractivity contribution is 5.28. The molecule has 1 atom stereocenters. The van der Waals surface area contributed by atoms with E-state index in [-0.39, 0.29) is 0 Å². The Hall–Kier alpha value is -0.930. The topological polar surface area (TPSA) is 34.2 Å². The molecular weight excluding hydrogens is 212 g/mol.